The number of carbonyl (C=O) groups is 3. The third-order valence-corrected chi connectivity index (χ3v) is 5.27. The molecule has 4 nitrogen and oxygen atoms in total. The van der Waals surface area contributed by atoms with Crippen molar-refractivity contribution in [1.82, 2.24) is 4.90 Å². The minimum Gasteiger partial charge on any atom is -0.268 e. The van der Waals surface area contributed by atoms with E-state index in [4.69, 9.17) is 0 Å². The van der Waals surface area contributed by atoms with Gasteiger partial charge in [-0.1, -0.05) is 60.2 Å². The summed E-state index contributed by atoms with van der Waals surface area (Å²) in [6.45, 7) is 1.90. The minimum atomic E-state index is -0.598. The summed E-state index contributed by atoms with van der Waals surface area (Å²) in [5, 5.41) is 1.45. The third kappa shape index (κ3) is 3.17. The van der Waals surface area contributed by atoms with Gasteiger partial charge in [0.2, 0.25) is 0 Å². The molecule has 1 saturated heterocycles. The largest absolute Gasteiger partial charge is 0.300 e. The number of amides is 3. The Balaban J connectivity index is 1.69. The topological polar surface area (TPSA) is 54.5 Å². The van der Waals surface area contributed by atoms with Crippen LogP contribution >= 0.6 is 11.8 Å². The number of carbonyl (C=O) groups excluding carboxylic acids is 3. The molecular formula is C22H15NO3S. The number of benzene rings is 3. The van der Waals surface area contributed by atoms with E-state index in [0.29, 0.717) is 10.5 Å². The van der Waals surface area contributed by atoms with Crippen LogP contribution in [0.3, 0.4) is 0 Å². The van der Waals surface area contributed by atoms with Crippen LogP contribution in [0.15, 0.2) is 71.6 Å². The molecule has 0 saturated carbocycles. The second-order valence-electron chi connectivity index (χ2n) is 6.26. The zero-order valence-corrected chi connectivity index (χ0v) is 15.3. The Kier molecular flexibility index (Phi) is 4.38. The molecule has 0 atom stereocenters. The maximum atomic E-state index is 12.7. The summed E-state index contributed by atoms with van der Waals surface area (Å²) in [6.07, 6.45) is 1.68. The smallest absolute Gasteiger partial charge is 0.268 e. The fourth-order valence-corrected chi connectivity index (χ4v) is 3.80. The summed E-state index contributed by atoms with van der Waals surface area (Å²) in [4.78, 5) is 38.7. The van der Waals surface area contributed by atoms with Crippen molar-refractivity contribution in [1.29, 1.82) is 0 Å². The molecule has 0 unspecified atom stereocenters. The van der Waals surface area contributed by atoms with Crippen LogP contribution in [0, 0.1) is 6.92 Å². The Morgan fingerprint density at radius 2 is 1.63 bits per heavy atom. The maximum absolute atomic E-state index is 12.7. The standard InChI is InChI=1S/C22H15NO3S/c1-14-9-11-16(12-10-14)20(24)23-21(25)19(27-22(23)26)13-17-7-4-6-15-5-2-3-8-18(15)17/h2-13H,1H3/b19-13+. The van der Waals surface area contributed by atoms with Crippen LogP contribution in [-0.2, 0) is 4.79 Å². The van der Waals surface area contributed by atoms with Gasteiger partial charge in [-0.05, 0) is 53.2 Å². The molecule has 3 amide bonds. The number of nitrogens with zero attached hydrogens (tertiary/aromatic N) is 1. The van der Waals surface area contributed by atoms with E-state index in [9.17, 15) is 14.4 Å². The van der Waals surface area contributed by atoms with Crippen molar-refractivity contribution in [2.75, 3.05) is 0 Å². The van der Waals surface area contributed by atoms with Crippen LogP contribution in [-0.4, -0.2) is 22.0 Å². The highest BCUT2D eigenvalue weighted by molar-refractivity contribution is 8.18. The molecule has 0 aromatic heterocycles. The van der Waals surface area contributed by atoms with E-state index in [0.717, 1.165) is 33.7 Å². The lowest BCUT2D eigenvalue weighted by Crippen LogP contribution is -2.34. The Morgan fingerprint density at radius 1 is 0.926 bits per heavy atom. The van der Waals surface area contributed by atoms with Gasteiger partial charge in [0.25, 0.3) is 11.8 Å². The predicted octanol–water partition coefficient (Wildman–Crippen LogP) is 5.02. The van der Waals surface area contributed by atoms with Gasteiger partial charge < -0.3 is 0 Å². The van der Waals surface area contributed by atoms with Crippen molar-refractivity contribution in [3.05, 3.63) is 88.3 Å². The van der Waals surface area contributed by atoms with Crippen LogP contribution in [0.1, 0.15) is 21.5 Å². The van der Waals surface area contributed by atoms with Crippen molar-refractivity contribution in [2.45, 2.75) is 6.92 Å². The van der Waals surface area contributed by atoms with E-state index in [1.165, 1.54) is 0 Å². The molecule has 0 bridgehead atoms. The van der Waals surface area contributed by atoms with Crippen LogP contribution in [0.25, 0.3) is 16.8 Å². The molecule has 0 N–H and O–H groups in total. The molecule has 3 aromatic carbocycles. The normalized spacial score (nSPS) is 15.7. The molecule has 27 heavy (non-hydrogen) atoms. The lowest BCUT2D eigenvalue weighted by Gasteiger charge is -2.10. The van der Waals surface area contributed by atoms with E-state index in [1.54, 1.807) is 30.3 Å². The summed E-state index contributed by atoms with van der Waals surface area (Å²) < 4.78 is 0. The molecule has 1 heterocycles. The van der Waals surface area contributed by atoms with Gasteiger partial charge in [0.05, 0.1) is 4.91 Å². The number of rotatable bonds is 2. The van der Waals surface area contributed by atoms with Gasteiger partial charge >= 0.3 is 5.24 Å². The average Bonchev–Trinajstić information content (AvgIpc) is 2.95. The summed E-state index contributed by atoms with van der Waals surface area (Å²) in [5.74, 6) is -1.18. The maximum Gasteiger partial charge on any atom is 0.300 e. The molecule has 132 valence electrons. The van der Waals surface area contributed by atoms with E-state index >= 15 is 0 Å². The second-order valence-corrected chi connectivity index (χ2v) is 7.25. The molecule has 1 aliphatic rings. The van der Waals surface area contributed by atoms with Crippen molar-refractivity contribution in [3.8, 4) is 0 Å². The zero-order valence-electron chi connectivity index (χ0n) is 14.5. The fraction of sp³-hybridized carbons (Fsp3) is 0.0455. The average molecular weight is 373 g/mol. The lowest BCUT2D eigenvalue weighted by atomic mass is 10.0. The SMILES string of the molecule is Cc1ccc(C(=O)N2C(=O)S/C(=C/c3cccc4ccccc34)C2=O)cc1. The second kappa shape index (κ2) is 6.85. The highest BCUT2D eigenvalue weighted by Gasteiger charge is 2.40. The monoisotopic (exact) mass is 373 g/mol. The number of aryl methyl sites for hydroxylation is 1. The number of hydrogen-bond acceptors (Lipinski definition) is 4. The molecule has 5 heteroatoms. The molecule has 0 spiro atoms. The first-order valence-corrected chi connectivity index (χ1v) is 9.23. The van der Waals surface area contributed by atoms with Crippen LogP contribution in [0.2, 0.25) is 0 Å². The van der Waals surface area contributed by atoms with Crippen LogP contribution in [0.4, 0.5) is 4.79 Å². The zero-order chi connectivity index (χ0) is 19.0. The Labute approximate surface area is 160 Å². The molecule has 3 aromatic rings. The molecular weight excluding hydrogens is 358 g/mol. The van der Waals surface area contributed by atoms with Gasteiger partial charge in [0, 0.05) is 5.56 Å². The Morgan fingerprint density at radius 3 is 2.41 bits per heavy atom. The summed E-state index contributed by atoms with van der Waals surface area (Å²) in [5.41, 5.74) is 2.15. The number of hydrogen-bond donors (Lipinski definition) is 0. The molecule has 4 rings (SSSR count). The Bertz CT molecular complexity index is 1110. The van der Waals surface area contributed by atoms with Crippen molar-refractivity contribution < 1.29 is 14.4 Å². The fourth-order valence-electron chi connectivity index (χ4n) is 2.99. The van der Waals surface area contributed by atoms with E-state index in [1.807, 2.05) is 49.4 Å². The van der Waals surface area contributed by atoms with Crippen molar-refractivity contribution in [3.63, 3.8) is 0 Å². The van der Waals surface area contributed by atoms with E-state index < -0.39 is 17.1 Å². The first-order chi connectivity index (χ1) is 13.0. The summed E-state index contributed by atoms with van der Waals surface area (Å²) in [6, 6.07) is 20.4. The minimum absolute atomic E-state index is 0.247. The van der Waals surface area contributed by atoms with Crippen LogP contribution < -0.4 is 0 Å². The highest BCUT2D eigenvalue weighted by atomic mass is 32.2. The van der Waals surface area contributed by atoms with Gasteiger partial charge in [0.15, 0.2) is 0 Å². The van der Waals surface area contributed by atoms with Gasteiger partial charge in [0.1, 0.15) is 0 Å². The molecule has 1 fully saturated rings. The number of fused-ring (bicyclic) bond motifs is 1. The number of imide groups is 3. The van der Waals surface area contributed by atoms with Gasteiger partial charge in [-0.25, -0.2) is 4.90 Å². The summed E-state index contributed by atoms with van der Waals surface area (Å²) in [7, 11) is 0. The van der Waals surface area contributed by atoms with Gasteiger partial charge in [-0.15, -0.1) is 0 Å². The Hall–Kier alpha value is -3.18. The third-order valence-electron chi connectivity index (χ3n) is 4.41. The van der Waals surface area contributed by atoms with Gasteiger partial charge in [-0.2, -0.15) is 0 Å². The first-order valence-electron chi connectivity index (χ1n) is 8.41. The summed E-state index contributed by atoms with van der Waals surface area (Å²) >= 11 is 0.789. The quantitative estimate of drug-likeness (QED) is 0.467. The van der Waals surface area contributed by atoms with E-state index in [-0.39, 0.29) is 4.91 Å². The predicted molar refractivity (Wildman–Crippen MR) is 107 cm³/mol. The number of thioether (sulfide) groups is 1. The molecule has 0 radical (unpaired) electrons. The van der Waals surface area contributed by atoms with E-state index in [2.05, 4.69) is 0 Å². The molecule has 0 aliphatic carbocycles. The van der Waals surface area contributed by atoms with Crippen molar-refractivity contribution >= 4 is 45.7 Å². The van der Waals surface area contributed by atoms with Crippen molar-refractivity contribution in [2.24, 2.45) is 0 Å². The highest BCUT2D eigenvalue weighted by Crippen LogP contribution is 2.34. The lowest BCUT2D eigenvalue weighted by molar-refractivity contribution is -0.120. The van der Waals surface area contributed by atoms with Crippen LogP contribution in [0.5, 0.6) is 0 Å². The molecule has 1 aliphatic heterocycles. The van der Waals surface area contributed by atoms with Gasteiger partial charge in [-0.3, -0.25) is 14.4 Å². The first kappa shape index (κ1) is 17.2.